The number of nitrogens with zero attached hydrogens (tertiary/aromatic N) is 4. The Bertz CT molecular complexity index is 1290. The molecule has 1 saturated heterocycles. The number of amides is 1. The Morgan fingerprint density at radius 2 is 1.94 bits per heavy atom. The molecule has 3 heterocycles. The minimum atomic E-state index is -0.519. The van der Waals surface area contributed by atoms with Crippen molar-refractivity contribution in [3.05, 3.63) is 76.1 Å². The van der Waals surface area contributed by atoms with Gasteiger partial charge < -0.3 is 14.4 Å². The number of fused-ring (bicyclic) bond motifs is 1. The molecule has 0 bridgehead atoms. The van der Waals surface area contributed by atoms with Gasteiger partial charge >= 0.3 is 0 Å². The summed E-state index contributed by atoms with van der Waals surface area (Å²) in [6.45, 7) is 5.98. The van der Waals surface area contributed by atoms with Gasteiger partial charge in [-0.05, 0) is 42.8 Å². The lowest BCUT2D eigenvalue weighted by Crippen LogP contribution is -2.48. The molecule has 0 radical (unpaired) electrons. The van der Waals surface area contributed by atoms with Crippen LogP contribution in [0.3, 0.4) is 0 Å². The number of rotatable bonds is 5. The number of halogens is 1. The van der Waals surface area contributed by atoms with Crippen LogP contribution in [0.25, 0.3) is 17.0 Å². The highest BCUT2D eigenvalue weighted by Gasteiger charge is 2.23. The van der Waals surface area contributed by atoms with Crippen LogP contribution in [0.4, 0.5) is 10.1 Å². The third kappa shape index (κ3) is 4.55. The number of hydrogen-bond acceptors (Lipinski definition) is 5. The summed E-state index contributed by atoms with van der Waals surface area (Å²) in [4.78, 5) is 45.1. The summed E-state index contributed by atoms with van der Waals surface area (Å²) in [5.74, 6) is -0.963. The molecule has 2 aromatic heterocycles. The van der Waals surface area contributed by atoms with Gasteiger partial charge in [-0.2, -0.15) is 0 Å². The first-order valence-electron chi connectivity index (χ1n) is 10.9. The molecule has 1 aliphatic rings. The highest BCUT2D eigenvalue weighted by Crippen LogP contribution is 2.26. The molecular weight excluding hydrogens is 423 g/mol. The van der Waals surface area contributed by atoms with Gasteiger partial charge in [0.05, 0.1) is 16.8 Å². The molecule has 0 aliphatic carbocycles. The number of allylic oxidation sites excluding steroid dienone is 1. The second-order valence-corrected chi connectivity index (χ2v) is 7.96. The number of anilines is 1. The molecule has 0 unspecified atom stereocenters. The Balaban J connectivity index is 1.70. The van der Waals surface area contributed by atoms with E-state index >= 15 is 4.39 Å². The van der Waals surface area contributed by atoms with Crippen molar-refractivity contribution < 1.29 is 14.0 Å². The second-order valence-electron chi connectivity index (χ2n) is 7.96. The maximum Gasteiger partial charge on any atom is 0.219 e. The molecular formula is C25H25FN4O3. The van der Waals surface area contributed by atoms with E-state index in [-0.39, 0.29) is 16.9 Å². The highest BCUT2D eigenvalue weighted by atomic mass is 19.1. The lowest BCUT2D eigenvalue weighted by Gasteiger charge is -2.36. The molecule has 4 rings (SSSR count). The van der Waals surface area contributed by atoms with Gasteiger partial charge in [-0.15, -0.1) is 0 Å². The molecule has 1 amide bonds. The molecule has 8 heteroatoms. The van der Waals surface area contributed by atoms with Crippen LogP contribution in [0.5, 0.6) is 0 Å². The van der Waals surface area contributed by atoms with Crippen LogP contribution in [0.1, 0.15) is 29.8 Å². The number of pyridine rings is 2. The number of hydrogen-bond donors (Lipinski definition) is 0. The molecule has 0 spiro atoms. The first-order valence-corrected chi connectivity index (χ1v) is 10.9. The zero-order valence-corrected chi connectivity index (χ0v) is 18.6. The molecule has 170 valence electrons. The maximum absolute atomic E-state index is 15.1. The summed E-state index contributed by atoms with van der Waals surface area (Å²) in [6, 6.07) is 6.44. The van der Waals surface area contributed by atoms with E-state index in [1.165, 1.54) is 25.3 Å². The normalized spacial score (nSPS) is 14.3. The molecule has 33 heavy (non-hydrogen) atoms. The van der Waals surface area contributed by atoms with Gasteiger partial charge in [0.2, 0.25) is 11.3 Å². The Morgan fingerprint density at radius 1 is 1.18 bits per heavy atom. The van der Waals surface area contributed by atoms with E-state index in [9.17, 15) is 14.4 Å². The monoisotopic (exact) mass is 448 g/mol. The minimum Gasteiger partial charge on any atom is -0.366 e. The van der Waals surface area contributed by atoms with E-state index < -0.39 is 17.0 Å². The SMILES string of the molecule is CCn1cc(C(=O)C=Cc2cccnc2)c(=O)c2cc(F)c(N3CCN(C(C)=O)CC3)cc21. The summed E-state index contributed by atoms with van der Waals surface area (Å²) in [6.07, 6.45) is 7.71. The topological polar surface area (TPSA) is 75.5 Å². The standard InChI is InChI=1S/C25H25FN4O3/c1-3-28-16-20(24(32)7-6-18-5-4-8-27-15-18)25(33)19-13-21(26)23(14-22(19)28)30-11-9-29(10-12-30)17(2)31/h4-8,13-16H,3,9-12H2,1-2H3. The quantitative estimate of drug-likeness (QED) is 0.443. The van der Waals surface area contributed by atoms with Gasteiger partial charge in [-0.3, -0.25) is 19.4 Å². The Labute approximate surface area is 190 Å². The average Bonchev–Trinajstić information content (AvgIpc) is 2.83. The number of carbonyl (C=O) groups is 2. The Kier molecular flexibility index (Phi) is 6.35. The highest BCUT2D eigenvalue weighted by molar-refractivity contribution is 6.08. The van der Waals surface area contributed by atoms with Gasteiger partial charge in [0.1, 0.15) is 5.82 Å². The number of aryl methyl sites for hydroxylation is 1. The summed E-state index contributed by atoms with van der Waals surface area (Å²) >= 11 is 0. The number of aromatic nitrogens is 2. The van der Waals surface area contributed by atoms with Crippen molar-refractivity contribution in [2.45, 2.75) is 20.4 Å². The zero-order valence-electron chi connectivity index (χ0n) is 18.6. The molecule has 1 aromatic carbocycles. The van der Waals surface area contributed by atoms with Crippen LogP contribution >= 0.6 is 0 Å². The van der Waals surface area contributed by atoms with Crippen molar-refractivity contribution in [2.75, 3.05) is 31.1 Å². The summed E-state index contributed by atoms with van der Waals surface area (Å²) in [7, 11) is 0. The predicted octanol–water partition coefficient (Wildman–Crippen LogP) is 3.12. The largest absolute Gasteiger partial charge is 0.366 e. The van der Waals surface area contributed by atoms with E-state index in [0.29, 0.717) is 43.9 Å². The molecule has 7 nitrogen and oxygen atoms in total. The lowest BCUT2D eigenvalue weighted by atomic mass is 10.1. The molecule has 1 aliphatic heterocycles. The molecule has 1 fully saturated rings. The third-order valence-corrected chi connectivity index (χ3v) is 5.93. The van der Waals surface area contributed by atoms with Crippen molar-refractivity contribution in [1.29, 1.82) is 0 Å². The summed E-state index contributed by atoms with van der Waals surface area (Å²) in [5, 5.41) is 0.168. The van der Waals surface area contributed by atoms with E-state index in [2.05, 4.69) is 4.98 Å². The van der Waals surface area contributed by atoms with E-state index in [4.69, 9.17) is 0 Å². The van der Waals surface area contributed by atoms with E-state index in [1.807, 2.05) is 11.8 Å². The fourth-order valence-electron chi connectivity index (χ4n) is 4.08. The van der Waals surface area contributed by atoms with Crippen LogP contribution in [0.15, 0.2) is 53.7 Å². The van der Waals surface area contributed by atoms with Gasteiger partial charge in [-0.1, -0.05) is 6.07 Å². The van der Waals surface area contributed by atoms with E-state index in [0.717, 1.165) is 5.56 Å². The Morgan fingerprint density at radius 3 is 2.58 bits per heavy atom. The number of carbonyl (C=O) groups excluding carboxylic acids is 2. The average molecular weight is 448 g/mol. The van der Waals surface area contributed by atoms with Crippen LogP contribution < -0.4 is 10.3 Å². The van der Waals surface area contributed by atoms with Crippen molar-refractivity contribution in [3.8, 4) is 0 Å². The van der Waals surface area contributed by atoms with E-state index in [1.54, 1.807) is 46.1 Å². The molecule has 0 saturated carbocycles. The zero-order chi connectivity index (χ0) is 23.5. The number of ketones is 1. The van der Waals surface area contributed by atoms with Gasteiger partial charge in [0.25, 0.3) is 0 Å². The smallest absolute Gasteiger partial charge is 0.219 e. The second kappa shape index (κ2) is 9.36. The molecule has 0 N–H and O–H groups in total. The van der Waals surface area contributed by atoms with Gasteiger partial charge in [0, 0.05) is 63.6 Å². The van der Waals surface area contributed by atoms with Crippen molar-refractivity contribution in [1.82, 2.24) is 14.5 Å². The van der Waals surface area contributed by atoms with Crippen LogP contribution in [0, 0.1) is 5.82 Å². The fraction of sp³-hybridized carbons (Fsp3) is 0.280. The van der Waals surface area contributed by atoms with Crippen LogP contribution in [0.2, 0.25) is 0 Å². The minimum absolute atomic E-state index is 0.00299. The van der Waals surface area contributed by atoms with Gasteiger partial charge in [-0.25, -0.2) is 4.39 Å². The van der Waals surface area contributed by atoms with Gasteiger partial charge in [0.15, 0.2) is 5.78 Å². The van der Waals surface area contributed by atoms with Crippen LogP contribution in [-0.4, -0.2) is 52.3 Å². The number of benzene rings is 1. The maximum atomic E-state index is 15.1. The van der Waals surface area contributed by atoms with Crippen LogP contribution in [-0.2, 0) is 11.3 Å². The first-order chi connectivity index (χ1) is 15.9. The number of piperazine rings is 1. The molecule has 0 atom stereocenters. The third-order valence-electron chi connectivity index (χ3n) is 5.93. The lowest BCUT2D eigenvalue weighted by molar-refractivity contribution is -0.129. The van der Waals surface area contributed by atoms with Crippen molar-refractivity contribution in [3.63, 3.8) is 0 Å². The summed E-state index contributed by atoms with van der Waals surface area (Å²) < 4.78 is 16.9. The van der Waals surface area contributed by atoms with Crippen molar-refractivity contribution >= 4 is 34.4 Å². The predicted molar refractivity (Wildman–Crippen MR) is 126 cm³/mol. The summed E-state index contributed by atoms with van der Waals surface area (Å²) in [5.41, 5.74) is 1.20. The Hall–Kier alpha value is -3.81. The first kappa shape index (κ1) is 22.4. The van der Waals surface area contributed by atoms with Crippen molar-refractivity contribution in [2.24, 2.45) is 0 Å². The molecule has 3 aromatic rings. The fourth-order valence-corrected chi connectivity index (χ4v) is 4.08.